The summed E-state index contributed by atoms with van der Waals surface area (Å²) in [6.45, 7) is 1.18. The van der Waals surface area contributed by atoms with Crippen molar-refractivity contribution in [2.75, 3.05) is 7.11 Å². The molecule has 0 saturated carbocycles. The maximum Gasteiger partial charge on any atom is 0.350 e. The SMILES string of the molecule is COC(=O)CCCCc1cc(O)c(C(C)=O)c(=O)o1. The van der Waals surface area contributed by atoms with Crippen LogP contribution in [0.5, 0.6) is 5.75 Å². The lowest BCUT2D eigenvalue weighted by Crippen LogP contribution is -2.13. The Bertz CT molecular complexity index is 528. The first kappa shape index (κ1) is 14.9. The van der Waals surface area contributed by atoms with Crippen molar-refractivity contribution < 1.29 is 23.8 Å². The van der Waals surface area contributed by atoms with Crippen molar-refractivity contribution in [1.82, 2.24) is 0 Å². The molecule has 0 aromatic carbocycles. The number of hydrogen-bond acceptors (Lipinski definition) is 6. The number of aryl methyl sites for hydroxylation is 1. The van der Waals surface area contributed by atoms with E-state index in [9.17, 15) is 19.5 Å². The van der Waals surface area contributed by atoms with Crippen LogP contribution >= 0.6 is 0 Å². The molecule has 0 bridgehead atoms. The molecule has 1 aromatic rings. The number of ketones is 1. The Balaban J connectivity index is 2.64. The lowest BCUT2D eigenvalue weighted by molar-refractivity contribution is -0.140. The van der Waals surface area contributed by atoms with Crippen molar-refractivity contribution in [3.8, 4) is 5.75 Å². The summed E-state index contributed by atoms with van der Waals surface area (Å²) in [5.74, 6) is -0.913. The van der Waals surface area contributed by atoms with Crippen LogP contribution in [0.3, 0.4) is 0 Å². The molecular weight excluding hydrogens is 252 g/mol. The molecule has 0 unspecified atom stereocenters. The van der Waals surface area contributed by atoms with Gasteiger partial charge in [0.15, 0.2) is 5.78 Å². The van der Waals surface area contributed by atoms with Crippen LogP contribution in [0.25, 0.3) is 0 Å². The third kappa shape index (κ3) is 4.24. The molecule has 0 amide bonds. The molecule has 6 heteroatoms. The van der Waals surface area contributed by atoms with Gasteiger partial charge in [-0.05, 0) is 19.8 Å². The first-order chi connectivity index (χ1) is 8.95. The maximum atomic E-state index is 11.5. The molecule has 1 rings (SSSR count). The highest BCUT2D eigenvalue weighted by atomic mass is 16.5. The lowest BCUT2D eigenvalue weighted by Gasteiger charge is -2.03. The zero-order valence-electron chi connectivity index (χ0n) is 10.9. The van der Waals surface area contributed by atoms with Gasteiger partial charge in [-0.25, -0.2) is 4.79 Å². The van der Waals surface area contributed by atoms with Crippen LogP contribution in [0.2, 0.25) is 0 Å². The molecule has 104 valence electrons. The molecule has 0 aliphatic heterocycles. The van der Waals surface area contributed by atoms with Crippen LogP contribution in [0.4, 0.5) is 0 Å². The van der Waals surface area contributed by atoms with Gasteiger partial charge in [-0.3, -0.25) is 9.59 Å². The van der Waals surface area contributed by atoms with E-state index in [1.165, 1.54) is 20.1 Å². The van der Waals surface area contributed by atoms with Gasteiger partial charge in [0, 0.05) is 18.9 Å². The minimum absolute atomic E-state index is 0.289. The Morgan fingerprint density at radius 2 is 2.05 bits per heavy atom. The highest BCUT2D eigenvalue weighted by molar-refractivity contribution is 5.96. The van der Waals surface area contributed by atoms with Crippen LogP contribution in [0, 0.1) is 0 Å². The fourth-order valence-electron chi connectivity index (χ4n) is 1.65. The normalized spacial score (nSPS) is 10.2. The van der Waals surface area contributed by atoms with E-state index in [2.05, 4.69) is 4.74 Å². The highest BCUT2D eigenvalue weighted by Gasteiger charge is 2.15. The third-order valence-corrected chi connectivity index (χ3v) is 2.62. The van der Waals surface area contributed by atoms with E-state index in [1.54, 1.807) is 0 Å². The number of Topliss-reactive ketones (excluding diaryl/α,β-unsaturated/α-hetero) is 1. The summed E-state index contributed by atoms with van der Waals surface area (Å²) in [5.41, 5.74) is -1.17. The molecule has 0 aliphatic carbocycles. The molecular formula is C13H16O6. The number of unbranched alkanes of at least 4 members (excludes halogenated alkanes) is 1. The first-order valence-electron chi connectivity index (χ1n) is 5.89. The number of carbonyl (C=O) groups excluding carboxylic acids is 2. The van der Waals surface area contributed by atoms with Gasteiger partial charge < -0.3 is 14.3 Å². The van der Waals surface area contributed by atoms with E-state index in [-0.39, 0.29) is 29.5 Å². The predicted molar refractivity (Wildman–Crippen MR) is 66.2 cm³/mol. The van der Waals surface area contributed by atoms with E-state index in [4.69, 9.17) is 4.42 Å². The topological polar surface area (TPSA) is 93.8 Å². The van der Waals surface area contributed by atoms with E-state index in [0.717, 1.165) is 0 Å². The summed E-state index contributed by atoms with van der Waals surface area (Å²) in [7, 11) is 1.32. The van der Waals surface area contributed by atoms with Gasteiger partial charge in [-0.15, -0.1) is 0 Å². The summed E-state index contributed by atoms with van der Waals surface area (Å²) >= 11 is 0. The number of carbonyl (C=O) groups is 2. The molecule has 19 heavy (non-hydrogen) atoms. The summed E-state index contributed by atoms with van der Waals surface area (Å²) in [4.78, 5) is 33.4. The third-order valence-electron chi connectivity index (χ3n) is 2.62. The van der Waals surface area contributed by atoms with Crippen molar-refractivity contribution in [1.29, 1.82) is 0 Å². The zero-order chi connectivity index (χ0) is 14.4. The van der Waals surface area contributed by atoms with Crippen molar-refractivity contribution in [3.05, 3.63) is 27.8 Å². The fourth-order valence-corrected chi connectivity index (χ4v) is 1.65. The lowest BCUT2D eigenvalue weighted by atomic mass is 10.1. The quantitative estimate of drug-likeness (QED) is 0.476. The molecule has 0 spiro atoms. The molecule has 0 saturated heterocycles. The monoisotopic (exact) mass is 268 g/mol. The average Bonchev–Trinajstić information content (AvgIpc) is 2.33. The van der Waals surface area contributed by atoms with Gasteiger partial charge in [-0.2, -0.15) is 0 Å². The average molecular weight is 268 g/mol. The second-order valence-corrected chi connectivity index (χ2v) is 4.10. The standard InChI is InChI=1S/C13H16O6/c1-8(14)12-10(15)7-9(19-13(12)17)5-3-4-6-11(16)18-2/h7,15H,3-6H2,1-2H3. The summed E-state index contributed by atoms with van der Waals surface area (Å²) in [5, 5.41) is 9.57. The van der Waals surface area contributed by atoms with Crippen LogP contribution in [-0.2, 0) is 16.0 Å². The predicted octanol–water partition coefficient (Wildman–Crippen LogP) is 1.43. The molecule has 0 fully saturated rings. The van der Waals surface area contributed by atoms with Crippen molar-refractivity contribution in [2.45, 2.75) is 32.6 Å². The molecule has 0 atom stereocenters. The van der Waals surface area contributed by atoms with E-state index < -0.39 is 11.4 Å². The zero-order valence-corrected chi connectivity index (χ0v) is 10.9. The number of methoxy groups -OCH3 is 1. The summed E-state index contributed by atoms with van der Waals surface area (Å²) < 4.78 is 9.42. The smallest absolute Gasteiger partial charge is 0.350 e. The summed E-state index contributed by atoms with van der Waals surface area (Å²) in [6.07, 6.45) is 1.89. The number of hydrogen-bond donors (Lipinski definition) is 1. The van der Waals surface area contributed by atoms with Crippen LogP contribution in [0.15, 0.2) is 15.3 Å². The number of ether oxygens (including phenoxy) is 1. The van der Waals surface area contributed by atoms with Crippen molar-refractivity contribution in [3.63, 3.8) is 0 Å². The second-order valence-electron chi connectivity index (χ2n) is 4.10. The number of esters is 1. The minimum Gasteiger partial charge on any atom is -0.507 e. The molecule has 0 aliphatic rings. The van der Waals surface area contributed by atoms with Gasteiger partial charge >= 0.3 is 11.6 Å². The van der Waals surface area contributed by atoms with E-state index in [1.807, 2.05) is 0 Å². The highest BCUT2D eigenvalue weighted by Crippen LogP contribution is 2.17. The molecule has 6 nitrogen and oxygen atoms in total. The Morgan fingerprint density at radius 1 is 1.37 bits per heavy atom. The van der Waals surface area contributed by atoms with Gasteiger partial charge in [-0.1, -0.05) is 0 Å². The summed E-state index contributed by atoms with van der Waals surface area (Å²) in [6, 6.07) is 1.26. The largest absolute Gasteiger partial charge is 0.507 e. The van der Waals surface area contributed by atoms with Crippen molar-refractivity contribution in [2.24, 2.45) is 0 Å². The van der Waals surface area contributed by atoms with Gasteiger partial charge in [0.25, 0.3) is 0 Å². The van der Waals surface area contributed by atoms with Crippen LogP contribution in [0.1, 0.15) is 42.3 Å². The van der Waals surface area contributed by atoms with Crippen molar-refractivity contribution >= 4 is 11.8 Å². The Labute approximate surface area is 110 Å². The Hall–Kier alpha value is -2.11. The van der Waals surface area contributed by atoms with Crippen LogP contribution < -0.4 is 5.63 Å². The van der Waals surface area contributed by atoms with Crippen LogP contribution in [-0.4, -0.2) is 24.0 Å². The molecule has 1 aromatic heterocycles. The maximum absolute atomic E-state index is 11.5. The second kappa shape index (κ2) is 6.72. The number of rotatable bonds is 6. The van der Waals surface area contributed by atoms with Gasteiger partial charge in [0.1, 0.15) is 17.1 Å². The molecule has 0 radical (unpaired) electrons. The number of aromatic hydroxyl groups is 1. The Kier molecular flexibility index (Phi) is 5.29. The molecule has 1 N–H and O–H groups in total. The van der Waals surface area contributed by atoms with E-state index in [0.29, 0.717) is 19.3 Å². The van der Waals surface area contributed by atoms with Gasteiger partial charge in [0.05, 0.1) is 7.11 Å². The van der Waals surface area contributed by atoms with E-state index >= 15 is 0 Å². The van der Waals surface area contributed by atoms with Gasteiger partial charge in [0.2, 0.25) is 0 Å². The molecule has 1 heterocycles. The first-order valence-corrected chi connectivity index (χ1v) is 5.89. The fraction of sp³-hybridized carbons (Fsp3) is 0.462. The minimum atomic E-state index is -0.838. The Morgan fingerprint density at radius 3 is 2.58 bits per heavy atom.